The van der Waals surface area contributed by atoms with Crippen molar-refractivity contribution in [3.05, 3.63) is 64.5 Å². The number of hydrogen-bond donors (Lipinski definition) is 2. The minimum Gasteiger partial charge on any atom is -0.497 e. The van der Waals surface area contributed by atoms with E-state index in [0.29, 0.717) is 18.2 Å². The van der Waals surface area contributed by atoms with Gasteiger partial charge in [-0.25, -0.2) is 9.97 Å². The number of carbonyl (C=O) groups is 2. The van der Waals surface area contributed by atoms with Gasteiger partial charge in [0.25, 0.3) is 5.91 Å². The van der Waals surface area contributed by atoms with E-state index >= 15 is 0 Å². The first-order valence-corrected chi connectivity index (χ1v) is 15.6. The summed E-state index contributed by atoms with van der Waals surface area (Å²) in [5.74, 6) is 2.22. The Kier molecular flexibility index (Phi) is 7.40. The molecule has 1 spiro atoms. The number of nitrogens with zero attached hydrogens (tertiary/aromatic N) is 3. The van der Waals surface area contributed by atoms with Crippen LogP contribution in [0.2, 0.25) is 0 Å². The molecule has 2 aromatic carbocycles. The highest BCUT2D eigenvalue weighted by Crippen LogP contribution is 2.55. The van der Waals surface area contributed by atoms with Crippen molar-refractivity contribution < 1.29 is 14.3 Å². The van der Waals surface area contributed by atoms with Gasteiger partial charge in [0.2, 0.25) is 5.91 Å². The second-order valence-corrected chi connectivity index (χ2v) is 12.3. The van der Waals surface area contributed by atoms with Crippen molar-refractivity contribution in [3.8, 4) is 5.75 Å². The van der Waals surface area contributed by atoms with Gasteiger partial charge in [-0.3, -0.25) is 9.59 Å². The zero-order chi connectivity index (χ0) is 28.7. The first-order chi connectivity index (χ1) is 19.9. The standard InChI is InChI=1S/C32H37N5O3S/c1-19-16-24(35-28-20(2)29(34-18-33-28)36-30(38)22-10-11-22)27(41-4)26-25(19)31(39)37(32(26)14-6-5-7-15-32)17-21-8-12-23(40-3)13-9-21/h8-9,12-13,16,18,22H,5-7,10-11,14-15,17H2,1-4H3,(H2,33,34,35,36,38). The third kappa shape index (κ3) is 4.94. The Balaban J connectivity index is 1.40. The van der Waals surface area contributed by atoms with Crippen LogP contribution >= 0.6 is 11.8 Å². The van der Waals surface area contributed by atoms with E-state index in [1.54, 1.807) is 18.9 Å². The fourth-order valence-electron chi connectivity index (χ4n) is 6.48. The molecule has 0 saturated heterocycles. The molecule has 8 nitrogen and oxygen atoms in total. The van der Waals surface area contributed by atoms with Crippen molar-refractivity contribution in [1.82, 2.24) is 14.9 Å². The maximum atomic E-state index is 14.2. The molecule has 9 heteroatoms. The molecule has 214 valence electrons. The molecule has 2 aliphatic carbocycles. The topological polar surface area (TPSA) is 96.4 Å². The molecule has 3 aromatic rings. The lowest BCUT2D eigenvalue weighted by Gasteiger charge is -2.43. The van der Waals surface area contributed by atoms with Gasteiger partial charge >= 0.3 is 0 Å². The number of methoxy groups -OCH3 is 1. The van der Waals surface area contributed by atoms with Gasteiger partial charge in [-0.15, -0.1) is 11.8 Å². The first kappa shape index (κ1) is 27.6. The van der Waals surface area contributed by atoms with Crippen molar-refractivity contribution >= 4 is 40.9 Å². The monoisotopic (exact) mass is 571 g/mol. The number of aryl methyl sites for hydroxylation is 1. The molecular weight excluding hydrogens is 534 g/mol. The molecule has 0 bridgehead atoms. The summed E-state index contributed by atoms with van der Waals surface area (Å²) in [7, 11) is 1.67. The van der Waals surface area contributed by atoms with Gasteiger partial charge in [0.15, 0.2) is 0 Å². The largest absolute Gasteiger partial charge is 0.497 e. The molecule has 2 fully saturated rings. The van der Waals surface area contributed by atoms with Gasteiger partial charge < -0.3 is 20.3 Å². The lowest BCUT2D eigenvalue weighted by atomic mass is 9.75. The number of ether oxygens (including phenoxy) is 1. The average Bonchev–Trinajstić information content (AvgIpc) is 3.81. The smallest absolute Gasteiger partial charge is 0.255 e. The van der Waals surface area contributed by atoms with Gasteiger partial charge in [-0.2, -0.15) is 0 Å². The summed E-state index contributed by atoms with van der Waals surface area (Å²) >= 11 is 1.67. The Morgan fingerprint density at radius 1 is 1.10 bits per heavy atom. The highest BCUT2D eigenvalue weighted by atomic mass is 32.2. The van der Waals surface area contributed by atoms with Crippen LogP contribution in [0.5, 0.6) is 5.75 Å². The SMILES string of the molecule is COc1ccc(CN2C(=O)c3c(C)cc(Nc4ncnc(NC(=O)C5CC5)c4C)c(SC)c3C23CCCCC3)cc1. The van der Waals surface area contributed by atoms with Crippen LogP contribution in [0.3, 0.4) is 0 Å². The lowest BCUT2D eigenvalue weighted by molar-refractivity contribution is -0.117. The van der Waals surface area contributed by atoms with E-state index in [9.17, 15) is 9.59 Å². The number of fused-ring (bicyclic) bond motifs is 2. The molecule has 41 heavy (non-hydrogen) atoms. The zero-order valence-electron chi connectivity index (χ0n) is 24.2. The molecule has 2 N–H and O–H groups in total. The van der Waals surface area contributed by atoms with Crippen molar-refractivity contribution in [2.24, 2.45) is 5.92 Å². The fourth-order valence-corrected chi connectivity index (χ4v) is 7.30. The predicted molar refractivity (Wildman–Crippen MR) is 162 cm³/mol. The summed E-state index contributed by atoms with van der Waals surface area (Å²) in [5, 5.41) is 6.54. The van der Waals surface area contributed by atoms with Crippen LogP contribution in [0.25, 0.3) is 0 Å². The first-order valence-electron chi connectivity index (χ1n) is 14.4. The van der Waals surface area contributed by atoms with Crippen molar-refractivity contribution in [1.29, 1.82) is 0 Å². The number of rotatable bonds is 8. The van der Waals surface area contributed by atoms with Gasteiger partial charge in [0, 0.05) is 34.0 Å². The number of carbonyl (C=O) groups excluding carboxylic acids is 2. The Hall–Kier alpha value is -3.59. The molecule has 0 unspecified atom stereocenters. The molecule has 0 radical (unpaired) electrons. The van der Waals surface area contributed by atoms with Gasteiger partial charge in [-0.05, 0) is 75.1 Å². The molecule has 2 amide bonds. The number of benzene rings is 2. The van der Waals surface area contributed by atoms with E-state index in [2.05, 4.69) is 50.0 Å². The molecule has 2 saturated carbocycles. The lowest BCUT2D eigenvalue weighted by Crippen LogP contribution is -2.44. The van der Waals surface area contributed by atoms with E-state index < -0.39 is 0 Å². The maximum Gasteiger partial charge on any atom is 0.255 e. The van der Waals surface area contributed by atoms with Gasteiger partial charge in [-0.1, -0.05) is 31.4 Å². The highest BCUT2D eigenvalue weighted by Gasteiger charge is 2.52. The highest BCUT2D eigenvalue weighted by molar-refractivity contribution is 7.98. The van der Waals surface area contributed by atoms with Crippen molar-refractivity contribution in [2.45, 2.75) is 75.8 Å². The number of anilines is 3. The molecule has 1 aliphatic heterocycles. The molecule has 3 aliphatic rings. The summed E-state index contributed by atoms with van der Waals surface area (Å²) in [5.41, 5.74) is 5.41. The molecular formula is C32H37N5O3S. The number of hydrogen-bond acceptors (Lipinski definition) is 7. The zero-order valence-corrected chi connectivity index (χ0v) is 25.0. The minimum absolute atomic E-state index is 0.0191. The van der Waals surface area contributed by atoms with Crippen LogP contribution in [0.4, 0.5) is 17.3 Å². The van der Waals surface area contributed by atoms with E-state index in [0.717, 1.165) is 82.7 Å². The molecule has 2 heterocycles. The van der Waals surface area contributed by atoms with E-state index in [4.69, 9.17) is 4.74 Å². The summed E-state index contributed by atoms with van der Waals surface area (Å²) in [4.78, 5) is 38.7. The van der Waals surface area contributed by atoms with Crippen molar-refractivity contribution in [2.75, 3.05) is 24.0 Å². The van der Waals surface area contributed by atoms with E-state index in [1.165, 1.54) is 12.7 Å². The Morgan fingerprint density at radius 2 is 1.80 bits per heavy atom. The summed E-state index contributed by atoms with van der Waals surface area (Å²) in [6.45, 7) is 4.52. The Morgan fingerprint density at radius 3 is 2.46 bits per heavy atom. The third-order valence-electron chi connectivity index (χ3n) is 8.83. The minimum atomic E-state index is -0.352. The van der Waals surface area contributed by atoms with Gasteiger partial charge in [0.1, 0.15) is 23.7 Å². The van der Waals surface area contributed by atoms with Crippen LogP contribution in [0.1, 0.15) is 77.6 Å². The van der Waals surface area contributed by atoms with Crippen LogP contribution in [0.15, 0.2) is 41.6 Å². The average molecular weight is 572 g/mol. The Labute approximate surface area is 245 Å². The van der Waals surface area contributed by atoms with Gasteiger partial charge in [0.05, 0.1) is 18.3 Å². The van der Waals surface area contributed by atoms with Crippen LogP contribution in [0, 0.1) is 19.8 Å². The third-order valence-corrected chi connectivity index (χ3v) is 9.66. The fraction of sp³-hybridized carbons (Fsp3) is 0.438. The number of amides is 2. The maximum absolute atomic E-state index is 14.2. The van der Waals surface area contributed by atoms with Crippen LogP contribution < -0.4 is 15.4 Å². The van der Waals surface area contributed by atoms with E-state index in [1.807, 2.05) is 26.0 Å². The molecule has 0 atom stereocenters. The summed E-state index contributed by atoms with van der Waals surface area (Å²) in [6, 6.07) is 10.1. The summed E-state index contributed by atoms with van der Waals surface area (Å²) < 4.78 is 5.36. The van der Waals surface area contributed by atoms with Crippen LogP contribution in [-0.4, -0.2) is 40.0 Å². The number of nitrogens with one attached hydrogen (secondary N) is 2. The normalized spacial score (nSPS) is 17.5. The number of aromatic nitrogens is 2. The van der Waals surface area contributed by atoms with Crippen LogP contribution in [-0.2, 0) is 16.9 Å². The quantitative estimate of drug-likeness (QED) is 0.289. The summed E-state index contributed by atoms with van der Waals surface area (Å²) in [6.07, 6.45) is 10.7. The second-order valence-electron chi connectivity index (χ2n) is 11.4. The number of thioether (sulfide) groups is 1. The molecule has 6 rings (SSSR count). The Bertz CT molecular complexity index is 1500. The predicted octanol–water partition coefficient (Wildman–Crippen LogP) is 6.73. The van der Waals surface area contributed by atoms with E-state index in [-0.39, 0.29) is 23.3 Å². The molecule has 1 aromatic heterocycles. The van der Waals surface area contributed by atoms with Crippen molar-refractivity contribution in [3.63, 3.8) is 0 Å². The second kappa shape index (κ2) is 11.0.